The maximum atomic E-state index is 9.93. The Hall–Kier alpha value is -1.62. The van der Waals surface area contributed by atoms with Crippen LogP contribution in [0.4, 0.5) is 0 Å². The molecule has 1 unspecified atom stereocenters. The standard InChI is InChI=1S/C8H8N2S.C5H10O2/c1-5-2-3-6-7(4-5)10-8(11)9-6;1-3-4(2)5(6)7/h2-4H,1H3,(H2,9,10,11);4H,3H2,1-2H3,(H,6,7). The van der Waals surface area contributed by atoms with Crippen molar-refractivity contribution in [3.05, 3.63) is 28.5 Å². The van der Waals surface area contributed by atoms with E-state index in [0.29, 0.717) is 4.77 Å². The van der Waals surface area contributed by atoms with Crippen LogP contribution >= 0.6 is 12.2 Å². The number of aryl methyl sites for hydroxylation is 1. The molecule has 1 aromatic heterocycles. The first-order valence-electron chi connectivity index (χ1n) is 5.85. The summed E-state index contributed by atoms with van der Waals surface area (Å²) in [5.41, 5.74) is 3.39. The molecule has 1 atom stereocenters. The van der Waals surface area contributed by atoms with Crippen molar-refractivity contribution >= 4 is 29.2 Å². The molecule has 0 bridgehead atoms. The number of H-pyrrole nitrogens is 2. The molecule has 98 valence electrons. The second-order valence-corrected chi connectivity index (χ2v) is 4.68. The summed E-state index contributed by atoms with van der Waals surface area (Å²) >= 11 is 4.95. The van der Waals surface area contributed by atoms with Crippen LogP contribution in [0.1, 0.15) is 25.8 Å². The predicted octanol–water partition coefficient (Wildman–Crippen LogP) is 3.65. The van der Waals surface area contributed by atoms with Crippen LogP contribution in [0.3, 0.4) is 0 Å². The number of aromatic nitrogens is 2. The van der Waals surface area contributed by atoms with E-state index in [0.717, 1.165) is 17.5 Å². The maximum absolute atomic E-state index is 9.93. The Morgan fingerprint density at radius 3 is 2.50 bits per heavy atom. The highest BCUT2D eigenvalue weighted by atomic mass is 32.1. The second kappa shape index (κ2) is 6.35. The molecule has 0 saturated heterocycles. The highest BCUT2D eigenvalue weighted by molar-refractivity contribution is 7.71. The van der Waals surface area contributed by atoms with Crippen LogP contribution in [-0.4, -0.2) is 21.0 Å². The fourth-order valence-corrected chi connectivity index (χ4v) is 1.54. The molecule has 1 aromatic carbocycles. The fourth-order valence-electron chi connectivity index (χ4n) is 1.32. The van der Waals surface area contributed by atoms with E-state index < -0.39 is 5.97 Å². The number of aromatic amines is 2. The van der Waals surface area contributed by atoms with E-state index in [1.54, 1.807) is 6.92 Å². The van der Waals surface area contributed by atoms with E-state index in [2.05, 4.69) is 29.0 Å². The molecule has 1 heterocycles. The Balaban J connectivity index is 0.000000203. The topological polar surface area (TPSA) is 68.9 Å². The van der Waals surface area contributed by atoms with E-state index >= 15 is 0 Å². The molecule has 0 aliphatic rings. The molecule has 0 aliphatic carbocycles. The van der Waals surface area contributed by atoms with Gasteiger partial charge in [-0.1, -0.05) is 19.9 Å². The number of imidazole rings is 1. The third-order valence-corrected chi connectivity index (χ3v) is 2.91. The number of benzene rings is 1. The smallest absolute Gasteiger partial charge is 0.306 e. The lowest BCUT2D eigenvalue weighted by Gasteiger charge is -1.96. The summed E-state index contributed by atoms with van der Waals surface area (Å²) in [6, 6.07) is 6.15. The molecule has 0 spiro atoms. The highest BCUT2D eigenvalue weighted by Gasteiger charge is 2.05. The molecule has 2 rings (SSSR count). The molecular formula is C13H18N2O2S. The van der Waals surface area contributed by atoms with E-state index in [9.17, 15) is 4.79 Å². The summed E-state index contributed by atoms with van der Waals surface area (Å²) in [5, 5.41) is 8.18. The van der Waals surface area contributed by atoms with Crippen molar-refractivity contribution in [1.29, 1.82) is 0 Å². The monoisotopic (exact) mass is 266 g/mol. The number of hydrogen-bond donors (Lipinski definition) is 3. The SMILES string of the molecule is CCC(C)C(=O)O.Cc1ccc2[nH]c(=S)[nH]c2c1. The van der Waals surface area contributed by atoms with Crippen LogP contribution in [-0.2, 0) is 4.79 Å². The van der Waals surface area contributed by atoms with Crippen LogP contribution in [0.25, 0.3) is 11.0 Å². The maximum Gasteiger partial charge on any atom is 0.306 e. The van der Waals surface area contributed by atoms with Gasteiger partial charge >= 0.3 is 5.97 Å². The lowest BCUT2D eigenvalue weighted by molar-refractivity contribution is -0.141. The van der Waals surface area contributed by atoms with Gasteiger partial charge in [-0.25, -0.2) is 0 Å². The van der Waals surface area contributed by atoms with Gasteiger partial charge in [-0.2, -0.15) is 0 Å². The van der Waals surface area contributed by atoms with E-state index in [1.807, 2.05) is 13.0 Å². The number of carboxylic acid groups (broad SMARTS) is 1. The Kier molecular flexibility index (Phi) is 5.09. The normalized spacial score (nSPS) is 11.7. The van der Waals surface area contributed by atoms with E-state index in [1.165, 1.54) is 5.56 Å². The summed E-state index contributed by atoms with van der Waals surface area (Å²) in [6.45, 7) is 5.62. The van der Waals surface area contributed by atoms with Crippen molar-refractivity contribution in [2.45, 2.75) is 27.2 Å². The van der Waals surface area contributed by atoms with Crippen molar-refractivity contribution < 1.29 is 9.90 Å². The van der Waals surface area contributed by atoms with Gasteiger partial charge < -0.3 is 15.1 Å². The Morgan fingerprint density at radius 2 is 2.00 bits per heavy atom. The highest BCUT2D eigenvalue weighted by Crippen LogP contribution is 2.10. The summed E-state index contributed by atoms with van der Waals surface area (Å²) in [4.78, 5) is 16.0. The Morgan fingerprint density at radius 1 is 1.39 bits per heavy atom. The van der Waals surface area contributed by atoms with Crippen LogP contribution < -0.4 is 0 Å². The molecule has 4 nitrogen and oxygen atoms in total. The number of carbonyl (C=O) groups is 1. The molecule has 0 amide bonds. The van der Waals surface area contributed by atoms with Crippen LogP contribution in [0, 0.1) is 17.6 Å². The zero-order chi connectivity index (χ0) is 13.7. The van der Waals surface area contributed by atoms with Gasteiger partial charge in [-0.3, -0.25) is 4.79 Å². The molecule has 2 aromatic rings. The summed E-state index contributed by atoms with van der Waals surface area (Å²) in [6.07, 6.45) is 0.718. The van der Waals surface area contributed by atoms with Gasteiger partial charge in [0.15, 0.2) is 4.77 Å². The minimum Gasteiger partial charge on any atom is -0.481 e. The van der Waals surface area contributed by atoms with Gasteiger partial charge in [-0.05, 0) is 43.3 Å². The summed E-state index contributed by atoms with van der Waals surface area (Å²) in [5.74, 6) is -0.887. The molecular weight excluding hydrogens is 248 g/mol. The zero-order valence-corrected chi connectivity index (χ0v) is 11.6. The van der Waals surface area contributed by atoms with Crippen LogP contribution in [0.2, 0.25) is 0 Å². The van der Waals surface area contributed by atoms with Gasteiger partial charge in [0.2, 0.25) is 0 Å². The lowest BCUT2D eigenvalue weighted by Crippen LogP contribution is -2.06. The van der Waals surface area contributed by atoms with Gasteiger partial charge in [0.05, 0.1) is 17.0 Å². The number of carboxylic acids is 1. The molecule has 5 heteroatoms. The minimum absolute atomic E-state index is 0.181. The van der Waals surface area contributed by atoms with Crippen molar-refractivity contribution in [3.8, 4) is 0 Å². The largest absolute Gasteiger partial charge is 0.481 e. The van der Waals surface area contributed by atoms with E-state index in [-0.39, 0.29) is 5.92 Å². The van der Waals surface area contributed by atoms with Crippen molar-refractivity contribution in [2.75, 3.05) is 0 Å². The van der Waals surface area contributed by atoms with Crippen LogP contribution in [0.5, 0.6) is 0 Å². The lowest BCUT2D eigenvalue weighted by atomic mass is 10.1. The molecule has 0 saturated carbocycles. The molecule has 0 fully saturated rings. The van der Waals surface area contributed by atoms with Gasteiger partial charge in [0, 0.05) is 0 Å². The van der Waals surface area contributed by atoms with Crippen molar-refractivity contribution in [1.82, 2.24) is 9.97 Å². The second-order valence-electron chi connectivity index (χ2n) is 4.28. The third kappa shape index (κ3) is 4.00. The Labute approximate surface area is 111 Å². The van der Waals surface area contributed by atoms with Crippen LogP contribution in [0.15, 0.2) is 18.2 Å². The Bertz CT molecular complexity index is 586. The fraction of sp³-hybridized carbons (Fsp3) is 0.385. The average Bonchev–Trinajstić information content (AvgIpc) is 2.68. The van der Waals surface area contributed by atoms with Gasteiger partial charge in [0.1, 0.15) is 0 Å². The number of rotatable bonds is 2. The zero-order valence-electron chi connectivity index (χ0n) is 10.8. The first-order valence-corrected chi connectivity index (χ1v) is 6.26. The molecule has 0 radical (unpaired) electrons. The average molecular weight is 266 g/mol. The van der Waals surface area contributed by atoms with E-state index in [4.69, 9.17) is 17.3 Å². The first-order chi connectivity index (χ1) is 8.43. The van der Waals surface area contributed by atoms with Crippen molar-refractivity contribution in [2.24, 2.45) is 5.92 Å². The minimum atomic E-state index is -0.706. The summed E-state index contributed by atoms with van der Waals surface area (Å²) in [7, 11) is 0. The van der Waals surface area contributed by atoms with Gasteiger partial charge in [0.25, 0.3) is 0 Å². The third-order valence-electron chi connectivity index (χ3n) is 2.71. The molecule has 0 aliphatic heterocycles. The quantitative estimate of drug-likeness (QED) is 0.727. The molecule has 18 heavy (non-hydrogen) atoms. The summed E-state index contributed by atoms with van der Waals surface area (Å²) < 4.78 is 0.686. The van der Waals surface area contributed by atoms with Crippen molar-refractivity contribution in [3.63, 3.8) is 0 Å². The van der Waals surface area contributed by atoms with Gasteiger partial charge in [-0.15, -0.1) is 0 Å². The number of nitrogens with one attached hydrogen (secondary N) is 2. The number of aliphatic carboxylic acids is 1. The molecule has 3 N–H and O–H groups in total. The number of hydrogen-bond acceptors (Lipinski definition) is 2. The first kappa shape index (κ1) is 14.4. The predicted molar refractivity (Wildman–Crippen MR) is 75.3 cm³/mol. The number of fused-ring (bicyclic) bond motifs is 1.